The van der Waals surface area contributed by atoms with E-state index >= 15 is 0 Å². The summed E-state index contributed by atoms with van der Waals surface area (Å²) in [7, 11) is 1.62. The number of hydrogen-bond donors (Lipinski definition) is 2. The van der Waals surface area contributed by atoms with Crippen LogP contribution in [0.2, 0.25) is 0 Å². The molecular formula is C23H23F3N6O. The van der Waals surface area contributed by atoms with Crippen molar-refractivity contribution in [3.8, 4) is 11.1 Å². The summed E-state index contributed by atoms with van der Waals surface area (Å²) in [6, 6.07) is 9.93. The number of aryl methyl sites for hydroxylation is 1. The average Bonchev–Trinajstić information content (AvgIpc) is 3.28. The Morgan fingerprint density at radius 2 is 1.88 bits per heavy atom. The lowest BCUT2D eigenvalue weighted by atomic mass is 10.0. The van der Waals surface area contributed by atoms with E-state index in [-0.39, 0.29) is 17.9 Å². The molecule has 0 radical (unpaired) electrons. The number of nitrogens with zero attached hydrogens (tertiary/aromatic N) is 4. The maximum absolute atomic E-state index is 13.0. The van der Waals surface area contributed by atoms with E-state index in [4.69, 9.17) is 0 Å². The van der Waals surface area contributed by atoms with E-state index in [1.807, 2.05) is 36.1 Å². The van der Waals surface area contributed by atoms with Crippen LogP contribution in [-0.4, -0.2) is 40.5 Å². The monoisotopic (exact) mass is 456 g/mol. The molecule has 33 heavy (non-hydrogen) atoms. The molecule has 1 aliphatic rings. The Hall–Kier alpha value is -3.69. The summed E-state index contributed by atoms with van der Waals surface area (Å²) in [6.07, 6.45) is -0.120. The van der Waals surface area contributed by atoms with Gasteiger partial charge in [-0.3, -0.25) is 4.79 Å². The van der Waals surface area contributed by atoms with Gasteiger partial charge in [-0.15, -0.1) is 0 Å². The van der Waals surface area contributed by atoms with Gasteiger partial charge < -0.3 is 15.5 Å². The Bertz CT molecular complexity index is 1170. The van der Waals surface area contributed by atoms with Crippen molar-refractivity contribution in [1.82, 2.24) is 20.3 Å². The third kappa shape index (κ3) is 5.05. The van der Waals surface area contributed by atoms with Crippen LogP contribution in [0.1, 0.15) is 24.1 Å². The lowest BCUT2D eigenvalue weighted by Gasteiger charge is -2.24. The average molecular weight is 456 g/mol. The molecule has 0 spiro atoms. The van der Waals surface area contributed by atoms with Crippen molar-refractivity contribution in [1.29, 1.82) is 0 Å². The first kappa shape index (κ1) is 22.5. The second kappa shape index (κ2) is 9.05. The van der Waals surface area contributed by atoms with E-state index in [9.17, 15) is 18.0 Å². The molecule has 3 aromatic rings. The normalized spacial score (nSPS) is 16.0. The smallest absolute Gasteiger partial charge is 0.357 e. The van der Waals surface area contributed by atoms with Crippen molar-refractivity contribution in [3.63, 3.8) is 0 Å². The molecule has 1 atom stereocenters. The largest absolute Gasteiger partial charge is 0.433 e. The molecule has 7 nitrogen and oxygen atoms in total. The minimum absolute atomic E-state index is 0.0390. The summed E-state index contributed by atoms with van der Waals surface area (Å²) in [6.45, 7) is 2.63. The molecule has 1 fully saturated rings. The molecule has 4 rings (SSSR count). The molecule has 0 unspecified atom stereocenters. The highest BCUT2D eigenvalue weighted by molar-refractivity contribution is 5.85. The number of halogens is 3. The Labute approximate surface area is 189 Å². The van der Waals surface area contributed by atoms with Crippen LogP contribution < -0.4 is 15.5 Å². The first-order valence-electron chi connectivity index (χ1n) is 10.5. The molecule has 1 aromatic carbocycles. The van der Waals surface area contributed by atoms with Crippen LogP contribution in [0.5, 0.6) is 0 Å². The maximum atomic E-state index is 13.0. The van der Waals surface area contributed by atoms with E-state index in [1.165, 1.54) is 0 Å². The molecule has 0 aliphatic carbocycles. The van der Waals surface area contributed by atoms with Crippen molar-refractivity contribution in [2.45, 2.75) is 32.0 Å². The molecule has 0 saturated carbocycles. The molecule has 172 valence electrons. The zero-order valence-electron chi connectivity index (χ0n) is 18.1. The lowest BCUT2D eigenvalue weighted by Crippen LogP contribution is -2.42. The van der Waals surface area contributed by atoms with Crippen molar-refractivity contribution < 1.29 is 18.0 Å². The predicted octanol–water partition coefficient (Wildman–Crippen LogP) is 4.32. The highest BCUT2D eigenvalue weighted by Crippen LogP contribution is 2.31. The SMILES string of the molecule is CNC(=O)[C@@H]1CCCN1c1cc(-c2cc(C)cc(Nc3nccc(C(F)(F)F)n3)c2)ccn1. The third-order valence-electron chi connectivity index (χ3n) is 5.45. The molecule has 10 heteroatoms. The van der Waals surface area contributed by atoms with Gasteiger partial charge in [-0.1, -0.05) is 6.07 Å². The highest BCUT2D eigenvalue weighted by atomic mass is 19.4. The van der Waals surface area contributed by atoms with Gasteiger partial charge in [0.15, 0.2) is 0 Å². The van der Waals surface area contributed by atoms with Crippen molar-refractivity contribution in [2.24, 2.45) is 0 Å². The third-order valence-corrected chi connectivity index (χ3v) is 5.45. The molecule has 1 amide bonds. The van der Waals surface area contributed by atoms with Crippen molar-refractivity contribution in [3.05, 3.63) is 60.0 Å². The van der Waals surface area contributed by atoms with Gasteiger partial charge in [0, 0.05) is 31.7 Å². The van der Waals surface area contributed by atoms with Crippen molar-refractivity contribution >= 4 is 23.4 Å². The zero-order chi connectivity index (χ0) is 23.6. The summed E-state index contributed by atoms with van der Waals surface area (Å²) in [4.78, 5) is 26.2. The van der Waals surface area contributed by atoms with Crippen molar-refractivity contribution in [2.75, 3.05) is 23.8 Å². The maximum Gasteiger partial charge on any atom is 0.433 e. The molecule has 3 heterocycles. The van der Waals surface area contributed by atoms with Gasteiger partial charge >= 0.3 is 6.18 Å². The highest BCUT2D eigenvalue weighted by Gasteiger charge is 2.33. The fourth-order valence-electron chi connectivity index (χ4n) is 3.96. The number of anilines is 3. The first-order chi connectivity index (χ1) is 15.7. The number of pyridine rings is 1. The number of alkyl halides is 3. The summed E-state index contributed by atoms with van der Waals surface area (Å²) in [5.41, 5.74) is 2.18. The number of rotatable bonds is 5. The zero-order valence-corrected chi connectivity index (χ0v) is 18.1. The number of carbonyl (C=O) groups is 1. The van der Waals surface area contributed by atoms with Gasteiger partial charge in [-0.2, -0.15) is 13.2 Å². The fraction of sp³-hybridized carbons (Fsp3) is 0.304. The van der Waals surface area contributed by atoms with Gasteiger partial charge in [-0.05, 0) is 66.8 Å². The Balaban J connectivity index is 1.62. The Morgan fingerprint density at radius 3 is 2.64 bits per heavy atom. The van der Waals surface area contributed by atoms with Crippen LogP contribution >= 0.6 is 0 Å². The Morgan fingerprint density at radius 1 is 1.09 bits per heavy atom. The molecular weight excluding hydrogens is 433 g/mol. The summed E-state index contributed by atoms with van der Waals surface area (Å²) < 4.78 is 38.9. The van der Waals surface area contributed by atoms with E-state index in [1.54, 1.807) is 19.3 Å². The number of carbonyl (C=O) groups excluding carboxylic acids is 1. The quantitative estimate of drug-likeness (QED) is 0.595. The van der Waals surface area contributed by atoms with Gasteiger partial charge in [0.05, 0.1) is 0 Å². The van der Waals surface area contributed by atoms with E-state index in [2.05, 4.69) is 25.6 Å². The van der Waals surface area contributed by atoms with E-state index in [0.717, 1.165) is 48.3 Å². The van der Waals surface area contributed by atoms with E-state index in [0.29, 0.717) is 11.5 Å². The summed E-state index contributed by atoms with van der Waals surface area (Å²) in [5, 5.41) is 5.57. The minimum atomic E-state index is -4.55. The fourth-order valence-corrected chi connectivity index (χ4v) is 3.96. The van der Waals surface area contributed by atoms with Crippen LogP contribution in [0.3, 0.4) is 0 Å². The van der Waals surface area contributed by atoms with Gasteiger partial charge in [0.25, 0.3) is 0 Å². The molecule has 1 aliphatic heterocycles. The summed E-state index contributed by atoms with van der Waals surface area (Å²) >= 11 is 0. The number of aromatic nitrogens is 3. The second-order valence-corrected chi connectivity index (χ2v) is 7.84. The number of benzene rings is 1. The number of likely N-dealkylation sites (N-methyl/N-ethyl adjacent to an activating group) is 1. The van der Waals surface area contributed by atoms with Gasteiger partial charge in [0.2, 0.25) is 11.9 Å². The summed E-state index contributed by atoms with van der Waals surface area (Å²) in [5.74, 6) is 0.529. The molecule has 2 N–H and O–H groups in total. The number of hydrogen-bond acceptors (Lipinski definition) is 6. The van der Waals surface area contributed by atoms with E-state index < -0.39 is 11.9 Å². The lowest BCUT2D eigenvalue weighted by molar-refractivity contribution is -0.141. The van der Waals surface area contributed by atoms with Crippen LogP contribution in [0, 0.1) is 6.92 Å². The number of amides is 1. The van der Waals surface area contributed by atoms with Crippen LogP contribution in [0.25, 0.3) is 11.1 Å². The topological polar surface area (TPSA) is 83.0 Å². The minimum Gasteiger partial charge on any atom is -0.357 e. The van der Waals surface area contributed by atoms with Crippen LogP contribution in [0.15, 0.2) is 48.8 Å². The second-order valence-electron chi connectivity index (χ2n) is 7.84. The van der Waals surface area contributed by atoms with Gasteiger partial charge in [0.1, 0.15) is 17.6 Å². The van der Waals surface area contributed by atoms with Crippen LogP contribution in [-0.2, 0) is 11.0 Å². The van der Waals surface area contributed by atoms with Crippen LogP contribution in [0.4, 0.5) is 30.6 Å². The first-order valence-corrected chi connectivity index (χ1v) is 10.5. The molecule has 2 aromatic heterocycles. The standard InChI is InChI=1S/C23H23F3N6O/c1-14-10-16(12-17(11-14)30-22-29-8-6-19(31-22)23(24,25)26)15-5-7-28-20(13-15)32-9-3-4-18(32)21(33)27-2/h5-8,10-13,18H,3-4,9H2,1-2H3,(H,27,33)(H,29,30,31)/t18-/m0/s1. The van der Waals surface area contributed by atoms with Gasteiger partial charge in [-0.25, -0.2) is 15.0 Å². The molecule has 0 bridgehead atoms. The predicted molar refractivity (Wildman–Crippen MR) is 119 cm³/mol. The Kier molecular flexibility index (Phi) is 6.17. The number of nitrogens with one attached hydrogen (secondary N) is 2. The molecule has 1 saturated heterocycles.